The number of para-hydroxylation sites is 1. The van der Waals surface area contributed by atoms with Gasteiger partial charge >= 0.3 is 0 Å². The predicted molar refractivity (Wildman–Crippen MR) is 110 cm³/mol. The first-order valence-corrected chi connectivity index (χ1v) is 9.12. The van der Waals surface area contributed by atoms with Crippen molar-refractivity contribution in [1.82, 2.24) is 4.57 Å². The van der Waals surface area contributed by atoms with Crippen molar-refractivity contribution in [3.63, 3.8) is 0 Å². The van der Waals surface area contributed by atoms with E-state index in [1.807, 2.05) is 82.3 Å². The number of nitrogens with one attached hydrogen (secondary N) is 1. The summed E-state index contributed by atoms with van der Waals surface area (Å²) in [6.45, 7) is 7.93. The van der Waals surface area contributed by atoms with E-state index in [2.05, 4.69) is 9.88 Å². The zero-order valence-corrected chi connectivity index (χ0v) is 16.5. The van der Waals surface area contributed by atoms with Gasteiger partial charge in [-0.05, 0) is 63.6 Å². The Bertz CT molecular complexity index is 958. The van der Waals surface area contributed by atoms with Crippen molar-refractivity contribution in [2.75, 3.05) is 12.4 Å². The van der Waals surface area contributed by atoms with Gasteiger partial charge in [0, 0.05) is 22.6 Å². The SMILES string of the molecule is COc1ccc(C)cc1NC(C)C(=O)c1cc(C)n(-c2ccccc2)c1C. The molecule has 1 heterocycles. The number of carbonyl (C=O) groups excluding carboxylic acids is 1. The minimum atomic E-state index is -0.370. The van der Waals surface area contributed by atoms with E-state index in [1.54, 1.807) is 7.11 Å². The van der Waals surface area contributed by atoms with Gasteiger partial charge in [0.05, 0.1) is 18.8 Å². The van der Waals surface area contributed by atoms with Crippen molar-refractivity contribution < 1.29 is 9.53 Å². The Morgan fingerprint density at radius 1 is 1.04 bits per heavy atom. The Hall–Kier alpha value is -3.01. The van der Waals surface area contributed by atoms with Crippen LogP contribution in [-0.4, -0.2) is 23.5 Å². The smallest absolute Gasteiger partial charge is 0.186 e. The zero-order valence-electron chi connectivity index (χ0n) is 16.5. The molecule has 0 aliphatic rings. The first-order valence-electron chi connectivity index (χ1n) is 9.12. The fourth-order valence-electron chi connectivity index (χ4n) is 3.45. The van der Waals surface area contributed by atoms with Crippen molar-refractivity contribution >= 4 is 11.5 Å². The first-order chi connectivity index (χ1) is 12.9. The lowest BCUT2D eigenvalue weighted by atomic mass is 10.0. The maximum absolute atomic E-state index is 13.1. The molecule has 0 radical (unpaired) electrons. The predicted octanol–water partition coefficient (Wildman–Crippen LogP) is 5.09. The third-order valence-electron chi connectivity index (χ3n) is 4.83. The number of ketones is 1. The molecule has 3 rings (SSSR count). The lowest BCUT2D eigenvalue weighted by Gasteiger charge is -2.17. The highest BCUT2D eigenvalue weighted by Gasteiger charge is 2.22. The Labute approximate surface area is 160 Å². The van der Waals surface area contributed by atoms with Crippen LogP contribution >= 0.6 is 0 Å². The van der Waals surface area contributed by atoms with Crippen LogP contribution in [0.2, 0.25) is 0 Å². The highest BCUT2D eigenvalue weighted by atomic mass is 16.5. The molecule has 4 nitrogen and oxygen atoms in total. The maximum Gasteiger partial charge on any atom is 0.186 e. The van der Waals surface area contributed by atoms with E-state index in [4.69, 9.17) is 4.74 Å². The van der Waals surface area contributed by atoms with E-state index in [-0.39, 0.29) is 11.8 Å². The highest BCUT2D eigenvalue weighted by Crippen LogP contribution is 2.27. The fraction of sp³-hybridized carbons (Fsp3) is 0.261. The molecule has 2 aromatic carbocycles. The summed E-state index contributed by atoms with van der Waals surface area (Å²) in [6, 6.07) is 17.6. The molecular formula is C23H26N2O2. The van der Waals surface area contributed by atoms with Gasteiger partial charge in [-0.15, -0.1) is 0 Å². The summed E-state index contributed by atoms with van der Waals surface area (Å²) in [5.74, 6) is 0.795. The van der Waals surface area contributed by atoms with Gasteiger partial charge in [0.15, 0.2) is 5.78 Å². The Balaban J connectivity index is 1.89. The number of rotatable bonds is 6. The molecule has 1 atom stereocenters. The summed E-state index contributed by atoms with van der Waals surface area (Å²) in [4.78, 5) is 13.1. The van der Waals surface area contributed by atoms with E-state index < -0.39 is 0 Å². The van der Waals surface area contributed by atoms with Crippen molar-refractivity contribution in [3.8, 4) is 11.4 Å². The molecule has 0 amide bonds. The molecule has 3 aromatic rings. The normalized spacial score (nSPS) is 11.9. The first kappa shape index (κ1) is 18.8. The molecule has 0 aliphatic heterocycles. The van der Waals surface area contributed by atoms with Gasteiger partial charge in [-0.1, -0.05) is 24.3 Å². The molecule has 0 bridgehead atoms. The fourth-order valence-corrected chi connectivity index (χ4v) is 3.45. The van der Waals surface area contributed by atoms with Crippen LogP contribution in [0.1, 0.15) is 34.2 Å². The third-order valence-corrected chi connectivity index (χ3v) is 4.83. The van der Waals surface area contributed by atoms with Crippen molar-refractivity contribution in [2.45, 2.75) is 33.7 Å². The van der Waals surface area contributed by atoms with E-state index in [9.17, 15) is 4.79 Å². The highest BCUT2D eigenvalue weighted by molar-refractivity contribution is 6.02. The molecular weight excluding hydrogens is 336 g/mol. The molecule has 0 fully saturated rings. The van der Waals surface area contributed by atoms with Crippen molar-refractivity contribution in [1.29, 1.82) is 0 Å². The second-order valence-electron chi connectivity index (χ2n) is 6.89. The minimum Gasteiger partial charge on any atom is -0.495 e. The van der Waals surface area contributed by atoms with Crippen LogP contribution in [-0.2, 0) is 0 Å². The van der Waals surface area contributed by atoms with E-state index in [0.29, 0.717) is 0 Å². The summed E-state index contributed by atoms with van der Waals surface area (Å²) >= 11 is 0. The van der Waals surface area contributed by atoms with Crippen molar-refractivity contribution in [2.24, 2.45) is 0 Å². The maximum atomic E-state index is 13.1. The minimum absolute atomic E-state index is 0.0637. The standard InChI is InChI=1S/C23H26N2O2/c1-15-11-12-22(27-5)21(13-15)24-17(3)23(26)20-14-16(2)25(18(20)4)19-9-7-6-8-10-19/h6-14,17,24H,1-5H3. The molecule has 1 aromatic heterocycles. The summed E-state index contributed by atoms with van der Waals surface area (Å²) in [5, 5.41) is 3.31. The number of aryl methyl sites for hydroxylation is 2. The number of carbonyl (C=O) groups is 1. The lowest BCUT2D eigenvalue weighted by molar-refractivity contribution is 0.0975. The van der Waals surface area contributed by atoms with E-state index >= 15 is 0 Å². The number of nitrogens with zero attached hydrogens (tertiary/aromatic N) is 1. The summed E-state index contributed by atoms with van der Waals surface area (Å²) in [7, 11) is 1.63. The van der Waals surface area contributed by atoms with E-state index in [0.717, 1.165) is 39.6 Å². The largest absolute Gasteiger partial charge is 0.495 e. The van der Waals surface area contributed by atoms with Gasteiger partial charge in [0.2, 0.25) is 0 Å². The number of methoxy groups -OCH3 is 1. The molecule has 1 N–H and O–H groups in total. The molecule has 1 unspecified atom stereocenters. The topological polar surface area (TPSA) is 43.3 Å². The molecule has 0 saturated heterocycles. The van der Waals surface area contributed by atoms with Gasteiger partial charge in [0.25, 0.3) is 0 Å². The van der Waals surface area contributed by atoms with Crippen LogP contribution in [0.5, 0.6) is 5.75 Å². The number of Topliss-reactive ketones (excluding diaryl/α,β-unsaturated/α-hetero) is 1. The number of benzene rings is 2. The van der Waals surface area contributed by atoms with Crippen LogP contribution in [0.15, 0.2) is 54.6 Å². The van der Waals surface area contributed by atoms with Crippen LogP contribution in [0.3, 0.4) is 0 Å². The Morgan fingerprint density at radius 2 is 1.74 bits per heavy atom. The molecule has 140 valence electrons. The number of anilines is 1. The molecule has 0 saturated carbocycles. The third kappa shape index (κ3) is 3.75. The summed E-state index contributed by atoms with van der Waals surface area (Å²) < 4.78 is 7.53. The van der Waals surface area contributed by atoms with Crippen LogP contribution in [0, 0.1) is 20.8 Å². The number of aromatic nitrogens is 1. The zero-order chi connectivity index (χ0) is 19.6. The number of ether oxygens (including phenoxy) is 1. The van der Waals surface area contributed by atoms with Gasteiger partial charge in [0.1, 0.15) is 5.75 Å². The molecule has 0 aliphatic carbocycles. The second kappa shape index (κ2) is 7.70. The monoisotopic (exact) mass is 362 g/mol. The number of hydrogen-bond donors (Lipinski definition) is 1. The van der Waals surface area contributed by atoms with Crippen LogP contribution in [0.25, 0.3) is 5.69 Å². The van der Waals surface area contributed by atoms with Crippen LogP contribution in [0.4, 0.5) is 5.69 Å². The molecule has 4 heteroatoms. The second-order valence-corrected chi connectivity index (χ2v) is 6.89. The summed E-state index contributed by atoms with van der Waals surface area (Å²) in [6.07, 6.45) is 0. The Morgan fingerprint density at radius 3 is 2.41 bits per heavy atom. The van der Waals surface area contributed by atoms with Gasteiger partial charge in [-0.2, -0.15) is 0 Å². The Kier molecular flexibility index (Phi) is 5.36. The van der Waals surface area contributed by atoms with Gasteiger partial charge < -0.3 is 14.6 Å². The lowest BCUT2D eigenvalue weighted by Crippen LogP contribution is -2.27. The van der Waals surface area contributed by atoms with E-state index in [1.165, 1.54) is 0 Å². The van der Waals surface area contributed by atoms with Gasteiger partial charge in [-0.25, -0.2) is 0 Å². The quantitative estimate of drug-likeness (QED) is 0.621. The average molecular weight is 362 g/mol. The molecule has 27 heavy (non-hydrogen) atoms. The van der Waals surface area contributed by atoms with Gasteiger partial charge in [-0.3, -0.25) is 4.79 Å². The summed E-state index contributed by atoms with van der Waals surface area (Å²) in [5.41, 5.74) is 5.74. The van der Waals surface area contributed by atoms with Crippen molar-refractivity contribution in [3.05, 3.63) is 77.1 Å². The average Bonchev–Trinajstić information content (AvgIpc) is 2.96. The number of hydrogen-bond acceptors (Lipinski definition) is 3. The molecule has 0 spiro atoms. The van der Waals surface area contributed by atoms with Crippen LogP contribution < -0.4 is 10.1 Å².